The molecule has 0 aliphatic carbocycles. The number of halogens is 3. The predicted molar refractivity (Wildman–Crippen MR) is 65.9 cm³/mol. The van der Waals surface area contributed by atoms with Crippen LogP contribution in [0, 0.1) is 11.6 Å². The topological polar surface area (TPSA) is 39.2 Å². The lowest BCUT2D eigenvalue weighted by Gasteiger charge is -2.07. The van der Waals surface area contributed by atoms with E-state index in [4.69, 9.17) is 11.6 Å². The average Bonchev–Trinajstić information content (AvgIpc) is 2.39. The third-order valence-corrected chi connectivity index (χ3v) is 2.72. The van der Waals surface area contributed by atoms with Crippen molar-refractivity contribution in [3.8, 4) is 11.3 Å². The van der Waals surface area contributed by atoms with Crippen molar-refractivity contribution < 1.29 is 18.3 Å². The molecule has 0 amide bonds. The average molecular weight is 284 g/mol. The summed E-state index contributed by atoms with van der Waals surface area (Å²) in [7, 11) is 1.13. The number of pyridine rings is 1. The highest BCUT2D eigenvalue weighted by atomic mass is 35.5. The Labute approximate surface area is 112 Å². The molecule has 2 rings (SSSR count). The number of ether oxygens (including phenoxy) is 1. The summed E-state index contributed by atoms with van der Waals surface area (Å²) in [5.41, 5.74) is -0.647. The van der Waals surface area contributed by atoms with Crippen LogP contribution in [0.3, 0.4) is 0 Å². The normalized spacial score (nSPS) is 10.3. The smallest absolute Gasteiger partial charge is 0.340 e. The number of benzene rings is 1. The molecule has 0 aliphatic rings. The lowest BCUT2D eigenvalue weighted by molar-refractivity contribution is 0.0595. The Morgan fingerprint density at radius 1 is 1.32 bits per heavy atom. The number of rotatable bonds is 2. The van der Waals surface area contributed by atoms with Crippen molar-refractivity contribution in [2.45, 2.75) is 0 Å². The minimum absolute atomic E-state index is 0.0762. The third-order valence-electron chi connectivity index (χ3n) is 2.48. The largest absolute Gasteiger partial charge is 0.465 e. The maximum absolute atomic E-state index is 14.1. The molecule has 0 aliphatic heterocycles. The van der Waals surface area contributed by atoms with Crippen molar-refractivity contribution >= 4 is 17.6 Å². The summed E-state index contributed by atoms with van der Waals surface area (Å²) < 4.78 is 32.3. The first-order chi connectivity index (χ1) is 9.04. The third kappa shape index (κ3) is 2.56. The summed E-state index contributed by atoms with van der Waals surface area (Å²) in [5.74, 6) is -2.51. The maximum atomic E-state index is 14.1. The number of hydrogen-bond donors (Lipinski definition) is 0. The number of carbonyl (C=O) groups is 1. The van der Waals surface area contributed by atoms with Gasteiger partial charge in [-0.2, -0.15) is 0 Å². The Bertz CT molecular complexity index is 647. The fraction of sp³-hybridized carbons (Fsp3) is 0.0769. The fourth-order valence-electron chi connectivity index (χ4n) is 1.58. The quantitative estimate of drug-likeness (QED) is 0.792. The van der Waals surface area contributed by atoms with Gasteiger partial charge >= 0.3 is 5.97 Å². The Morgan fingerprint density at radius 2 is 2.05 bits per heavy atom. The zero-order valence-corrected chi connectivity index (χ0v) is 10.5. The Kier molecular flexibility index (Phi) is 3.76. The monoisotopic (exact) mass is 283 g/mol. The molecule has 1 aromatic carbocycles. The molecule has 1 heterocycles. The molecule has 0 radical (unpaired) electrons. The molecule has 98 valence electrons. The van der Waals surface area contributed by atoms with E-state index in [1.807, 2.05) is 0 Å². The van der Waals surface area contributed by atoms with Gasteiger partial charge in [-0.1, -0.05) is 11.6 Å². The van der Waals surface area contributed by atoms with Gasteiger partial charge in [0.25, 0.3) is 0 Å². The van der Waals surface area contributed by atoms with Crippen LogP contribution >= 0.6 is 11.6 Å². The van der Waals surface area contributed by atoms with Crippen LogP contribution in [0.5, 0.6) is 0 Å². The SMILES string of the molecule is COC(=O)c1ccnc(-c2ccc(Cl)cc2F)c1F. The number of aromatic nitrogens is 1. The van der Waals surface area contributed by atoms with E-state index in [0.29, 0.717) is 0 Å². The molecule has 1 aromatic heterocycles. The van der Waals surface area contributed by atoms with Gasteiger partial charge in [-0.15, -0.1) is 0 Å². The van der Waals surface area contributed by atoms with E-state index in [1.54, 1.807) is 0 Å². The molecule has 0 fully saturated rings. The van der Waals surface area contributed by atoms with Gasteiger partial charge in [0, 0.05) is 16.8 Å². The summed E-state index contributed by atoms with van der Waals surface area (Å²) in [6.07, 6.45) is 1.21. The molecule has 0 saturated heterocycles. The summed E-state index contributed by atoms with van der Waals surface area (Å²) >= 11 is 5.62. The van der Waals surface area contributed by atoms with Gasteiger partial charge in [-0.25, -0.2) is 13.6 Å². The molecular formula is C13H8ClF2NO2. The van der Waals surface area contributed by atoms with Crippen molar-refractivity contribution in [1.82, 2.24) is 4.98 Å². The number of hydrogen-bond acceptors (Lipinski definition) is 3. The molecule has 6 heteroatoms. The van der Waals surface area contributed by atoms with Gasteiger partial charge in [0.15, 0.2) is 5.82 Å². The van der Waals surface area contributed by atoms with Crippen molar-refractivity contribution in [2.75, 3.05) is 7.11 Å². The summed E-state index contributed by atoms with van der Waals surface area (Å²) in [6, 6.07) is 4.91. The van der Waals surface area contributed by atoms with E-state index in [2.05, 4.69) is 9.72 Å². The highest BCUT2D eigenvalue weighted by Crippen LogP contribution is 2.27. The molecule has 2 aromatic rings. The van der Waals surface area contributed by atoms with E-state index in [9.17, 15) is 13.6 Å². The summed E-state index contributed by atoms with van der Waals surface area (Å²) in [5, 5.41) is 0.186. The van der Waals surface area contributed by atoms with Crippen LogP contribution in [0.2, 0.25) is 5.02 Å². The van der Waals surface area contributed by atoms with Crippen LogP contribution in [0.25, 0.3) is 11.3 Å². The lowest BCUT2D eigenvalue weighted by atomic mass is 10.1. The number of esters is 1. The van der Waals surface area contributed by atoms with Crippen molar-refractivity contribution in [3.05, 3.63) is 52.7 Å². The second-order valence-electron chi connectivity index (χ2n) is 3.64. The molecule has 3 nitrogen and oxygen atoms in total. The van der Waals surface area contributed by atoms with E-state index in [1.165, 1.54) is 24.4 Å². The molecule has 0 unspecified atom stereocenters. The molecular weight excluding hydrogens is 276 g/mol. The highest BCUT2D eigenvalue weighted by Gasteiger charge is 2.19. The van der Waals surface area contributed by atoms with Crippen molar-refractivity contribution in [2.24, 2.45) is 0 Å². The fourth-order valence-corrected chi connectivity index (χ4v) is 1.74. The van der Waals surface area contributed by atoms with Gasteiger partial charge in [-0.3, -0.25) is 4.98 Å². The molecule has 0 bridgehead atoms. The standard InChI is InChI=1S/C13H8ClF2NO2/c1-19-13(18)9-4-5-17-12(11(9)16)8-3-2-7(14)6-10(8)15/h2-6H,1H3. The molecule has 0 atom stereocenters. The van der Waals surface area contributed by atoms with Crippen LogP contribution in [0.1, 0.15) is 10.4 Å². The van der Waals surface area contributed by atoms with Gasteiger partial charge in [0.05, 0.1) is 12.7 Å². The Balaban J connectivity index is 2.60. The first-order valence-electron chi connectivity index (χ1n) is 5.23. The molecule has 19 heavy (non-hydrogen) atoms. The van der Waals surface area contributed by atoms with Crippen LogP contribution in [0.4, 0.5) is 8.78 Å². The zero-order valence-electron chi connectivity index (χ0n) is 9.78. The van der Waals surface area contributed by atoms with Crippen LogP contribution in [0.15, 0.2) is 30.5 Å². The van der Waals surface area contributed by atoms with E-state index in [0.717, 1.165) is 13.2 Å². The van der Waals surface area contributed by atoms with Crippen LogP contribution in [-0.4, -0.2) is 18.1 Å². The van der Waals surface area contributed by atoms with Crippen molar-refractivity contribution in [3.63, 3.8) is 0 Å². The Hall–Kier alpha value is -2.01. The molecule has 0 saturated carbocycles. The number of carbonyl (C=O) groups excluding carboxylic acids is 1. The second kappa shape index (κ2) is 5.32. The van der Waals surface area contributed by atoms with Gasteiger partial charge in [0.2, 0.25) is 0 Å². The number of methoxy groups -OCH3 is 1. The van der Waals surface area contributed by atoms with Gasteiger partial charge in [0.1, 0.15) is 11.5 Å². The van der Waals surface area contributed by atoms with Crippen LogP contribution in [-0.2, 0) is 4.74 Å². The Morgan fingerprint density at radius 3 is 2.68 bits per heavy atom. The van der Waals surface area contributed by atoms with E-state index in [-0.39, 0.29) is 21.8 Å². The minimum Gasteiger partial charge on any atom is -0.465 e. The first-order valence-corrected chi connectivity index (χ1v) is 5.60. The minimum atomic E-state index is -0.935. The predicted octanol–water partition coefficient (Wildman–Crippen LogP) is 3.47. The molecule has 0 spiro atoms. The lowest BCUT2D eigenvalue weighted by Crippen LogP contribution is -2.06. The van der Waals surface area contributed by atoms with Gasteiger partial charge < -0.3 is 4.74 Å². The second-order valence-corrected chi connectivity index (χ2v) is 4.07. The zero-order chi connectivity index (χ0) is 14.0. The molecule has 0 N–H and O–H groups in total. The van der Waals surface area contributed by atoms with Crippen molar-refractivity contribution in [1.29, 1.82) is 0 Å². The van der Waals surface area contributed by atoms with E-state index >= 15 is 0 Å². The maximum Gasteiger partial charge on any atom is 0.340 e. The highest BCUT2D eigenvalue weighted by molar-refractivity contribution is 6.30. The summed E-state index contributed by atoms with van der Waals surface area (Å²) in [6.45, 7) is 0. The summed E-state index contributed by atoms with van der Waals surface area (Å²) in [4.78, 5) is 15.1. The van der Waals surface area contributed by atoms with Crippen LogP contribution < -0.4 is 0 Å². The number of nitrogens with zero attached hydrogens (tertiary/aromatic N) is 1. The van der Waals surface area contributed by atoms with Gasteiger partial charge in [-0.05, 0) is 24.3 Å². The first kappa shape index (κ1) is 13.4. The van der Waals surface area contributed by atoms with E-state index < -0.39 is 17.6 Å².